The van der Waals surface area contributed by atoms with Gasteiger partial charge in [-0.2, -0.15) is 0 Å². The lowest BCUT2D eigenvalue weighted by Gasteiger charge is -2.26. The zero-order chi connectivity index (χ0) is 19.9. The van der Waals surface area contributed by atoms with Gasteiger partial charge >= 0.3 is 12.1 Å². The third-order valence-corrected chi connectivity index (χ3v) is 3.23. The van der Waals surface area contributed by atoms with Gasteiger partial charge in [0, 0.05) is 6.07 Å². The molecule has 0 unspecified atom stereocenters. The highest BCUT2D eigenvalue weighted by molar-refractivity contribution is 5.71. The highest BCUT2D eigenvalue weighted by Crippen LogP contribution is 2.14. The highest BCUT2D eigenvalue weighted by atomic mass is 19.1. The maximum absolute atomic E-state index is 13.4. The van der Waals surface area contributed by atoms with Crippen LogP contribution >= 0.6 is 0 Å². The van der Waals surface area contributed by atoms with E-state index in [-0.39, 0.29) is 25.0 Å². The van der Waals surface area contributed by atoms with Crippen molar-refractivity contribution in [3.05, 3.63) is 35.4 Å². The quantitative estimate of drug-likeness (QED) is 0.718. The van der Waals surface area contributed by atoms with Gasteiger partial charge in [0.2, 0.25) is 0 Å². The number of hydrogen-bond donors (Lipinski definition) is 2. The molecule has 8 heteroatoms. The summed E-state index contributed by atoms with van der Waals surface area (Å²) < 4.78 is 36.7. The molecule has 1 aromatic carbocycles. The van der Waals surface area contributed by atoms with Crippen LogP contribution < -0.4 is 5.32 Å². The van der Waals surface area contributed by atoms with Crippen LogP contribution in [0.15, 0.2) is 18.2 Å². The molecule has 0 aliphatic heterocycles. The van der Waals surface area contributed by atoms with Gasteiger partial charge in [-0.3, -0.25) is 4.79 Å². The lowest BCUT2D eigenvalue weighted by atomic mass is 9.99. The third-order valence-electron chi connectivity index (χ3n) is 3.23. The summed E-state index contributed by atoms with van der Waals surface area (Å²) in [5.74, 6) is -2.21. The number of amides is 1. The SMILES string of the molecule is CCOC(=O)C[C@H](O)[C@H](Cc1cc(F)cc(F)c1)NC(=O)OC(C)(C)C. The Labute approximate surface area is 151 Å². The predicted octanol–water partition coefficient (Wildman–Crippen LogP) is 2.71. The minimum Gasteiger partial charge on any atom is -0.466 e. The lowest BCUT2D eigenvalue weighted by Crippen LogP contribution is -2.47. The molecule has 0 aliphatic carbocycles. The summed E-state index contributed by atoms with van der Waals surface area (Å²) in [7, 11) is 0. The van der Waals surface area contributed by atoms with Crippen molar-refractivity contribution in [3.63, 3.8) is 0 Å². The van der Waals surface area contributed by atoms with Crippen LogP contribution in [0.1, 0.15) is 39.7 Å². The first-order valence-electron chi connectivity index (χ1n) is 8.28. The van der Waals surface area contributed by atoms with Crippen molar-refractivity contribution in [3.8, 4) is 0 Å². The van der Waals surface area contributed by atoms with E-state index < -0.39 is 41.4 Å². The number of halogens is 2. The molecule has 0 bridgehead atoms. The largest absolute Gasteiger partial charge is 0.466 e. The maximum atomic E-state index is 13.4. The van der Waals surface area contributed by atoms with Crippen molar-refractivity contribution < 1.29 is 33.0 Å². The number of nitrogens with one attached hydrogen (secondary N) is 1. The normalized spacial score (nSPS) is 13.7. The Balaban J connectivity index is 2.92. The van der Waals surface area contributed by atoms with Crippen LogP contribution in [0.5, 0.6) is 0 Å². The number of carbonyl (C=O) groups excluding carboxylic acids is 2. The third kappa shape index (κ3) is 8.24. The molecular formula is C18H25F2NO5. The molecule has 146 valence electrons. The molecular weight excluding hydrogens is 348 g/mol. The molecule has 2 atom stereocenters. The number of aliphatic hydroxyl groups is 1. The Kier molecular flexibility index (Phi) is 7.95. The molecule has 0 aliphatic rings. The van der Waals surface area contributed by atoms with E-state index in [1.54, 1.807) is 27.7 Å². The summed E-state index contributed by atoms with van der Waals surface area (Å²) in [4.78, 5) is 23.6. The van der Waals surface area contributed by atoms with Gasteiger partial charge in [-0.25, -0.2) is 13.6 Å². The highest BCUT2D eigenvalue weighted by Gasteiger charge is 2.27. The van der Waals surface area contributed by atoms with Gasteiger partial charge in [0.25, 0.3) is 0 Å². The molecule has 0 radical (unpaired) electrons. The molecule has 0 aromatic heterocycles. The van der Waals surface area contributed by atoms with E-state index >= 15 is 0 Å². The van der Waals surface area contributed by atoms with Crippen LogP contribution in [-0.2, 0) is 20.7 Å². The average Bonchev–Trinajstić information content (AvgIpc) is 2.43. The van der Waals surface area contributed by atoms with E-state index in [1.807, 2.05) is 0 Å². The Bertz CT molecular complexity index is 610. The van der Waals surface area contributed by atoms with Gasteiger partial charge in [-0.05, 0) is 51.8 Å². The first-order valence-corrected chi connectivity index (χ1v) is 8.28. The number of ether oxygens (including phenoxy) is 2. The van der Waals surface area contributed by atoms with Crippen molar-refractivity contribution in [2.24, 2.45) is 0 Å². The monoisotopic (exact) mass is 373 g/mol. The van der Waals surface area contributed by atoms with Crippen LogP contribution in [0.3, 0.4) is 0 Å². The second-order valence-corrected chi connectivity index (χ2v) is 6.81. The number of carbonyl (C=O) groups is 2. The van der Waals surface area contributed by atoms with Gasteiger partial charge in [-0.15, -0.1) is 0 Å². The Morgan fingerprint density at radius 2 is 1.77 bits per heavy atom. The molecule has 1 rings (SSSR count). The molecule has 0 fully saturated rings. The topological polar surface area (TPSA) is 84.9 Å². The first-order chi connectivity index (χ1) is 12.0. The van der Waals surface area contributed by atoms with Crippen LogP contribution in [-0.4, -0.2) is 41.5 Å². The van der Waals surface area contributed by atoms with E-state index in [2.05, 4.69) is 5.32 Å². The van der Waals surface area contributed by atoms with E-state index in [0.717, 1.165) is 18.2 Å². The molecule has 6 nitrogen and oxygen atoms in total. The van der Waals surface area contributed by atoms with Crippen molar-refractivity contribution in [1.82, 2.24) is 5.32 Å². The van der Waals surface area contributed by atoms with Crippen LogP contribution in [0.4, 0.5) is 13.6 Å². The Hall–Kier alpha value is -2.22. The van der Waals surface area contributed by atoms with Crippen molar-refractivity contribution in [1.29, 1.82) is 0 Å². The van der Waals surface area contributed by atoms with Crippen LogP contribution in [0.2, 0.25) is 0 Å². The molecule has 0 heterocycles. The van der Waals surface area contributed by atoms with Crippen LogP contribution in [0, 0.1) is 11.6 Å². The molecule has 26 heavy (non-hydrogen) atoms. The lowest BCUT2D eigenvalue weighted by molar-refractivity contribution is -0.145. The van der Waals surface area contributed by atoms with Gasteiger partial charge in [0.15, 0.2) is 0 Å². The predicted molar refractivity (Wildman–Crippen MR) is 90.5 cm³/mol. The summed E-state index contributed by atoms with van der Waals surface area (Å²) >= 11 is 0. The number of aliphatic hydroxyl groups excluding tert-OH is 1. The summed E-state index contributed by atoms with van der Waals surface area (Å²) in [6, 6.07) is 1.89. The molecule has 0 spiro atoms. The minimum absolute atomic E-state index is 0.103. The van der Waals surface area contributed by atoms with Gasteiger partial charge in [0.05, 0.1) is 25.2 Å². The number of rotatable bonds is 7. The minimum atomic E-state index is -1.33. The fourth-order valence-corrected chi connectivity index (χ4v) is 2.26. The maximum Gasteiger partial charge on any atom is 0.407 e. The fourth-order valence-electron chi connectivity index (χ4n) is 2.26. The zero-order valence-electron chi connectivity index (χ0n) is 15.3. The van der Waals surface area contributed by atoms with E-state index in [0.29, 0.717) is 0 Å². The molecule has 0 saturated carbocycles. The number of esters is 1. The van der Waals surface area contributed by atoms with Gasteiger partial charge in [0.1, 0.15) is 17.2 Å². The van der Waals surface area contributed by atoms with E-state index in [4.69, 9.17) is 9.47 Å². The second kappa shape index (κ2) is 9.47. The van der Waals surface area contributed by atoms with Crippen LogP contribution in [0.25, 0.3) is 0 Å². The summed E-state index contributed by atoms with van der Waals surface area (Å²) in [5, 5.41) is 12.7. The number of hydrogen-bond acceptors (Lipinski definition) is 5. The summed E-state index contributed by atoms with van der Waals surface area (Å²) in [5.41, 5.74) is -0.558. The molecule has 0 saturated heterocycles. The smallest absolute Gasteiger partial charge is 0.407 e. The molecule has 2 N–H and O–H groups in total. The first kappa shape index (κ1) is 21.8. The summed E-state index contributed by atoms with van der Waals surface area (Å²) in [6.45, 7) is 6.76. The number of benzene rings is 1. The van der Waals surface area contributed by atoms with Crippen molar-refractivity contribution >= 4 is 12.1 Å². The number of alkyl carbamates (subject to hydrolysis) is 1. The average molecular weight is 373 g/mol. The fraction of sp³-hybridized carbons (Fsp3) is 0.556. The standard InChI is InChI=1S/C18H25F2NO5/c1-5-25-16(23)10-15(22)14(21-17(24)26-18(2,3)4)8-11-6-12(19)9-13(20)7-11/h6-7,9,14-15,22H,5,8,10H2,1-4H3,(H,21,24)/t14-,15-/m0/s1. The zero-order valence-corrected chi connectivity index (χ0v) is 15.3. The summed E-state index contributed by atoms with van der Waals surface area (Å²) in [6.07, 6.45) is -2.63. The van der Waals surface area contributed by atoms with Crippen molar-refractivity contribution in [2.75, 3.05) is 6.61 Å². The second-order valence-electron chi connectivity index (χ2n) is 6.81. The Morgan fingerprint density at radius 3 is 2.27 bits per heavy atom. The molecule has 1 amide bonds. The van der Waals surface area contributed by atoms with E-state index in [1.165, 1.54) is 0 Å². The molecule has 1 aromatic rings. The van der Waals surface area contributed by atoms with E-state index in [9.17, 15) is 23.5 Å². The van der Waals surface area contributed by atoms with Crippen molar-refractivity contribution in [2.45, 2.75) is 58.3 Å². The van der Waals surface area contributed by atoms with Gasteiger partial charge in [-0.1, -0.05) is 0 Å². The Morgan fingerprint density at radius 1 is 1.19 bits per heavy atom. The van der Waals surface area contributed by atoms with Gasteiger partial charge < -0.3 is 19.9 Å².